The molecule has 0 radical (unpaired) electrons. The number of para-hydroxylation sites is 2. The Morgan fingerprint density at radius 1 is 0.850 bits per heavy atom. The molecule has 1 amide bonds. The van der Waals surface area contributed by atoms with Crippen molar-refractivity contribution in [1.82, 2.24) is 0 Å². The van der Waals surface area contributed by atoms with Gasteiger partial charge in [0.1, 0.15) is 0 Å². The maximum absolute atomic E-state index is 12.6. The van der Waals surface area contributed by atoms with Gasteiger partial charge in [-0.25, -0.2) is 0 Å². The summed E-state index contributed by atoms with van der Waals surface area (Å²) in [6.45, 7) is 0. The van der Waals surface area contributed by atoms with Gasteiger partial charge >= 0.3 is 0 Å². The number of halogens is 2. The molecule has 2 aromatic rings. The first-order valence-corrected chi connectivity index (χ1v) is 7.53. The van der Waals surface area contributed by atoms with Gasteiger partial charge in [0.05, 0.1) is 5.69 Å². The molecule has 1 aliphatic heterocycles. The van der Waals surface area contributed by atoms with E-state index in [2.05, 4.69) is 31.9 Å². The molecule has 3 nitrogen and oxygen atoms in total. The highest BCUT2D eigenvalue weighted by molar-refractivity contribution is 9.26. The van der Waals surface area contributed by atoms with Crippen LogP contribution in [0.15, 0.2) is 54.6 Å². The van der Waals surface area contributed by atoms with Gasteiger partial charge in [0, 0.05) is 11.3 Å². The van der Waals surface area contributed by atoms with Crippen LogP contribution in [-0.2, 0) is 4.79 Å². The van der Waals surface area contributed by atoms with Crippen LogP contribution >= 0.6 is 31.9 Å². The lowest BCUT2D eigenvalue weighted by atomic mass is 9.99. The van der Waals surface area contributed by atoms with Gasteiger partial charge in [-0.15, -0.1) is 0 Å². The summed E-state index contributed by atoms with van der Waals surface area (Å²) in [5.74, 6) is -0.641. The Hall–Kier alpha value is -1.46. The fraction of sp³-hybridized carbons (Fsp3) is 0.0667. The molecule has 5 heteroatoms. The van der Waals surface area contributed by atoms with Gasteiger partial charge in [-0.1, -0.05) is 62.2 Å². The minimum atomic E-state index is -1.41. The molecule has 3 rings (SSSR count). The van der Waals surface area contributed by atoms with Crippen molar-refractivity contribution in [1.29, 1.82) is 0 Å². The van der Waals surface area contributed by atoms with Crippen LogP contribution in [0.2, 0.25) is 0 Å². The van der Waals surface area contributed by atoms with Gasteiger partial charge in [0.2, 0.25) is 9.02 Å². The molecule has 20 heavy (non-hydrogen) atoms. The summed E-state index contributed by atoms with van der Waals surface area (Å²) in [6, 6.07) is 16.3. The molecule has 0 aliphatic carbocycles. The molecule has 0 unspecified atom stereocenters. The predicted octanol–water partition coefficient (Wildman–Crippen LogP) is 4.03. The van der Waals surface area contributed by atoms with E-state index in [1.54, 1.807) is 23.1 Å². The molecule has 0 fully saturated rings. The largest absolute Gasteiger partial charge is 0.291 e. The van der Waals surface area contributed by atoms with E-state index in [1.165, 1.54) is 0 Å². The average molecular weight is 395 g/mol. The Morgan fingerprint density at radius 3 is 2.15 bits per heavy atom. The second kappa shape index (κ2) is 4.82. The van der Waals surface area contributed by atoms with Gasteiger partial charge in [-0.3, -0.25) is 14.5 Å². The van der Waals surface area contributed by atoms with Crippen LogP contribution in [0.4, 0.5) is 11.4 Å². The van der Waals surface area contributed by atoms with E-state index in [9.17, 15) is 9.59 Å². The van der Waals surface area contributed by atoms with Gasteiger partial charge < -0.3 is 0 Å². The molecule has 1 aliphatic rings. The topological polar surface area (TPSA) is 37.4 Å². The molecular formula is C15H9Br2NO2. The fourth-order valence-electron chi connectivity index (χ4n) is 2.21. The summed E-state index contributed by atoms with van der Waals surface area (Å²) in [6.07, 6.45) is 0. The van der Waals surface area contributed by atoms with E-state index in [-0.39, 0.29) is 11.7 Å². The average Bonchev–Trinajstić information content (AvgIpc) is 2.47. The summed E-state index contributed by atoms with van der Waals surface area (Å²) in [5, 5.41) is 0. The SMILES string of the molecule is O=C1c2ccccc2N(c2ccccc2)C(=O)C1(Br)Br. The zero-order chi connectivity index (χ0) is 14.3. The highest BCUT2D eigenvalue weighted by atomic mass is 79.9. The van der Waals surface area contributed by atoms with Crippen molar-refractivity contribution in [2.24, 2.45) is 0 Å². The van der Waals surface area contributed by atoms with E-state index in [0.29, 0.717) is 11.3 Å². The molecule has 2 aromatic carbocycles. The summed E-state index contributed by atoms with van der Waals surface area (Å²) < 4.78 is -1.41. The van der Waals surface area contributed by atoms with Gasteiger partial charge in [0.15, 0.2) is 0 Å². The summed E-state index contributed by atoms with van der Waals surface area (Å²) in [4.78, 5) is 26.6. The van der Waals surface area contributed by atoms with Crippen LogP contribution in [-0.4, -0.2) is 14.9 Å². The predicted molar refractivity (Wildman–Crippen MR) is 84.9 cm³/mol. The minimum absolute atomic E-state index is 0.287. The first kappa shape index (κ1) is 13.5. The lowest BCUT2D eigenvalue weighted by Crippen LogP contribution is -2.48. The maximum Gasteiger partial charge on any atom is 0.267 e. The van der Waals surface area contributed by atoms with Crippen molar-refractivity contribution in [2.75, 3.05) is 4.90 Å². The van der Waals surface area contributed by atoms with Crippen molar-refractivity contribution in [3.63, 3.8) is 0 Å². The second-order valence-corrected chi connectivity index (χ2v) is 7.84. The van der Waals surface area contributed by atoms with Gasteiger partial charge in [-0.05, 0) is 24.3 Å². The third kappa shape index (κ3) is 1.93. The van der Waals surface area contributed by atoms with E-state index < -0.39 is 3.23 Å². The highest BCUT2D eigenvalue weighted by Crippen LogP contribution is 2.44. The number of fused-ring (bicyclic) bond motifs is 1. The number of Topliss-reactive ketones (excluding diaryl/α,β-unsaturated/α-hetero) is 1. The summed E-state index contributed by atoms with van der Waals surface area (Å²) >= 11 is 6.41. The number of hydrogen-bond donors (Lipinski definition) is 0. The van der Waals surface area contributed by atoms with Gasteiger partial charge in [-0.2, -0.15) is 0 Å². The molecular weight excluding hydrogens is 386 g/mol. The van der Waals surface area contributed by atoms with Gasteiger partial charge in [0.25, 0.3) is 5.91 Å². The highest BCUT2D eigenvalue weighted by Gasteiger charge is 2.49. The fourth-order valence-corrected chi connectivity index (χ4v) is 2.99. The molecule has 0 bridgehead atoms. The Balaban J connectivity index is 2.26. The first-order valence-electron chi connectivity index (χ1n) is 5.95. The van der Waals surface area contributed by atoms with Crippen LogP contribution in [0, 0.1) is 0 Å². The number of carbonyl (C=O) groups excluding carboxylic acids is 2. The molecule has 1 heterocycles. The molecule has 100 valence electrons. The first-order chi connectivity index (χ1) is 9.53. The summed E-state index contributed by atoms with van der Waals surface area (Å²) in [7, 11) is 0. The Labute approximate surface area is 132 Å². The maximum atomic E-state index is 12.6. The number of nitrogens with zero attached hydrogens (tertiary/aromatic N) is 1. The van der Waals surface area contributed by atoms with Crippen molar-refractivity contribution in [3.05, 3.63) is 60.2 Å². The number of benzene rings is 2. The van der Waals surface area contributed by atoms with Crippen LogP contribution in [0.3, 0.4) is 0 Å². The molecule has 0 spiro atoms. The number of carbonyl (C=O) groups is 2. The van der Waals surface area contributed by atoms with Crippen LogP contribution in [0.25, 0.3) is 0 Å². The van der Waals surface area contributed by atoms with E-state index in [4.69, 9.17) is 0 Å². The Bertz CT molecular complexity index is 698. The third-order valence-electron chi connectivity index (χ3n) is 3.16. The zero-order valence-corrected chi connectivity index (χ0v) is 13.4. The quantitative estimate of drug-likeness (QED) is 0.540. The normalized spacial score (nSPS) is 17.0. The zero-order valence-electron chi connectivity index (χ0n) is 10.2. The van der Waals surface area contributed by atoms with E-state index in [1.807, 2.05) is 36.4 Å². The molecule has 0 aromatic heterocycles. The lowest BCUT2D eigenvalue weighted by molar-refractivity contribution is -0.117. The number of hydrogen-bond acceptors (Lipinski definition) is 2. The van der Waals surface area contributed by atoms with Crippen LogP contribution in [0.5, 0.6) is 0 Å². The molecule has 0 saturated heterocycles. The number of alkyl halides is 2. The van der Waals surface area contributed by atoms with Crippen molar-refractivity contribution in [3.8, 4) is 0 Å². The monoisotopic (exact) mass is 393 g/mol. The van der Waals surface area contributed by atoms with Crippen molar-refractivity contribution in [2.45, 2.75) is 3.23 Å². The lowest BCUT2D eigenvalue weighted by Gasteiger charge is -2.35. The standard InChI is InChI=1S/C15H9Br2NO2/c16-15(17)13(19)11-8-4-5-9-12(11)18(14(15)20)10-6-2-1-3-7-10/h1-9H. The van der Waals surface area contributed by atoms with E-state index in [0.717, 1.165) is 5.69 Å². The Kier molecular flexibility index (Phi) is 3.26. The van der Waals surface area contributed by atoms with E-state index >= 15 is 0 Å². The molecule has 0 N–H and O–H groups in total. The van der Waals surface area contributed by atoms with Crippen LogP contribution < -0.4 is 4.90 Å². The number of amides is 1. The number of ketones is 1. The second-order valence-electron chi connectivity index (χ2n) is 4.40. The minimum Gasteiger partial charge on any atom is -0.291 e. The summed E-state index contributed by atoms with van der Waals surface area (Å²) in [5.41, 5.74) is 1.83. The van der Waals surface area contributed by atoms with Crippen LogP contribution in [0.1, 0.15) is 10.4 Å². The smallest absolute Gasteiger partial charge is 0.267 e. The molecule has 0 saturated carbocycles. The number of anilines is 2. The number of rotatable bonds is 1. The molecule has 0 atom stereocenters. The van der Waals surface area contributed by atoms with Crippen molar-refractivity contribution < 1.29 is 9.59 Å². The third-order valence-corrected chi connectivity index (χ3v) is 4.56. The van der Waals surface area contributed by atoms with Crippen molar-refractivity contribution >= 4 is 54.9 Å². The Morgan fingerprint density at radius 2 is 1.45 bits per heavy atom.